The molecule has 158 valence electrons. The fourth-order valence-electron chi connectivity index (χ4n) is 5.02. The summed E-state index contributed by atoms with van der Waals surface area (Å²) >= 11 is 0. The molecule has 2 aliphatic heterocycles. The number of rotatable bonds is 2. The lowest BCUT2D eigenvalue weighted by Gasteiger charge is -2.37. The lowest BCUT2D eigenvalue weighted by molar-refractivity contribution is -0.129. The van der Waals surface area contributed by atoms with Gasteiger partial charge in [0, 0.05) is 44.6 Å². The highest BCUT2D eigenvalue weighted by Gasteiger charge is 2.32. The third kappa shape index (κ3) is 3.00. The number of pyridine rings is 1. The number of carbonyl (C=O) groups excluding carboxylic acids is 2. The molecule has 5 rings (SSSR count). The van der Waals surface area contributed by atoms with Gasteiger partial charge in [0.2, 0.25) is 11.8 Å². The van der Waals surface area contributed by atoms with Crippen molar-refractivity contribution in [1.29, 1.82) is 5.26 Å². The number of para-hydroxylation sites is 2. The molecule has 8 heteroatoms. The molecule has 0 bridgehead atoms. The van der Waals surface area contributed by atoms with Gasteiger partial charge in [-0.25, -0.2) is 4.98 Å². The predicted molar refractivity (Wildman–Crippen MR) is 116 cm³/mol. The Morgan fingerprint density at radius 2 is 1.90 bits per heavy atom. The number of anilines is 1. The Morgan fingerprint density at radius 1 is 1.16 bits per heavy atom. The molecule has 8 nitrogen and oxygen atoms in total. The number of fused-ring (bicyclic) bond motifs is 4. The Balaban J connectivity index is 1.77. The van der Waals surface area contributed by atoms with E-state index in [-0.39, 0.29) is 17.7 Å². The van der Waals surface area contributed by atoms with Crippen LogP contribution in [-0.4, -0.2) is 45.7 Å². The Bertz CT molecular complexity index is 1260. The Hall–Kier alpha value is -3.60. The van der Waals surface area contributed by atoms with Crippen LogP contribution in [0.15, 0.2) is 24.3 Å². The molecule has 0 aliphatic carbocycles. The minimum atomic E-state index is -0.248. The van der Waals surface area contributed by atoms with Gasteiger partial charge in [-0.1, -0.05) is 12.1 Å². The Labute approximate surface area is 179 Å². The smallest absolute Gasteiger partial charge is 0.220 e. The van der Waals surface area contributed by atoms with Crippen molar-refractivity contribution in [3.8, 4) is 6.07 Å². The first kappa shape index (κ1) is 19.4. The zero-order valence-electron chi connectivity index (χ0n) is 17.5. The molecule has 0 saturated carbocycles. The highest BCUT2D eigenvalue weighted by atomic mass is 16.2. The fourth-order valence-corrected chi connectivity index (χ4v) is 5.02. The van der Waals surface area contributed by atoms with Crippen molar-refractivity contribution in [3.05, 3.63) is 41.0 Å². The molecule has 2 amide bonds. The molecule has 2 N–H and O–H groups in total. The van der Waals surface area contributed by atoms with E-state index in [0.717, 1.165) is 28.0 Å². The molecule has 0 radical (unpaired) electrons. The first-order valence-electron chi connectivity index (χ1n) is 10.6. The zero-order valence-corrected chi connectivity index (χ0v) is 17.5. The molecule has 3 aromatic rings. The van der Waals surface area contributed by atoms with E-state index in [1.54, 1.807) is 6.92 Å². The predicted octanol–water partition coefficient (Wildman–Crippen LogP) is 1.97. The molecular weight excluding hydrogens is 392 g/mol. The van der Waals surface area contributed by atoms with Crippen molar-refractivity contribution >= 4 is 34.3 Å². The number of aromatic nitrogens is 2. The van der Waals surface area contributed by atoms with Gasteiger partial charge < -0.3 is 15.5 Å². The van der Waals surface area contributed by atoms with Crippen molar-refractivity contribution in [2.45, 2.75) is 32.7 Å². The highest BCUT2D eigenvalue weighted by molar-refractivity contribution is 5.87. The summed E-state index contributed by atoms with van der Waals surface area (Å²) in [5, 5.41) is 10.0. The third-order valence-corrected chi connectivity index (χ3v) is 6.67. The second-order valence-electron chi connectivity index (χ2n) is 8.38. The number of primary amides is 1. The summed E-state index contributed by atoms with van der Waals surface area (Å²) < 4.78 is 2.07. The largest absolute Gasteiger partial charge is 0.369 e. The number of benzene rings is 1. The van der Waals surface area contributed by atoms with Crippen molar-refractivity contribution in [2.24, 2.45) is 11.7 Å². The second kappa shape index (κ2) is 7.27. The molecule has 0 spiro atoms. The van der Waals surface area contributed by atoms with Gasteiger partial charge in [-0.05, 0) is 37.0 Å². The van der Waals surface area contributed by atoms with E-state index in [2.05, 4.69) is 15.4 Å². The summed E-state index contributed by atoms with van der Waals surface area (Å²) in [7, 11) is 0. The fraction of sp³-hybridized carbons (Fsp3) is 0.391. The first-order chi connectivity index (χ1) is 15.0. The molecular formula is C23H24N6O2. The molecule has 1 saturated heterocycles. The van der Waals surface area contributed by atoms with E-state index in [1.807, 2.05) is 29.2 Å². The number of amides is 2. The number of hydrogen-bond acceptors (Lipinski definition) is 5. The van der Waals surface area contributed by atoms with Crippen LogP contribution in [0.4, 0.5) is 5.82 Å². The van der Waals surface area contributed by atoms with Gasteiger partial charge >= 0.3 is 0 Å². The van der Waals surface area contributed by atoms with E-state index in [4.69, 9.17) is 10.7 Å². The average molecular weight is 416 g/mol. The Morgan fingerprint density at radius 3 is 2.58 bits per heavy atom. The van der Waals surface area contributed by atoms with E-state index < -0.39 is 0 Å². The van der Waals surface area contributed by atoms with Gasteiger partial charge in [0.25, 0.3) is 0 Å². The summed E-state index contributed by atoms with van der Waals surface area (Å²) in [5.41, 5.74) is 10.5. The number of hydrogen-bond donors (Lipinski definition) is 1. The van der Waals surface area contributed by atoms with Gasteiger partial charge in [-0.3, -0.25) is 14.0 Å². The summed E-state index contributed by atoms with van der Waals surface area (Å²) in [6.45, 7) is 4.02. The maximum Gasteiger partial charge on any atom is 0.220 e. The van der Waals surface area contributed by atoms with Gasteiger partial charge in [0.05, 0.1) is 16.6 Å². The zero-order chi connectivity index (χ0) is 21.7. The number of nitriles is 1. The van der Waals surface area contributed by atoms with E-state index in [1.165, 1.54) is 0 Å². The number of imidazole rings is 1. The van der Waals surface area contributed by atoms with Crippen LogP contribution < -0.4 is 10.6 Å². The molecule has 2 aromatic heterocycles. The highest BCUT2D eigenvalue weighted by Crippen LogP contribution is 2.38. The van der Waals surface area contributed by atoms with Crippen LogP contribution in [0.2, 0.25) is 0 Å². The molecule has 31 heavy (non-hydrogen) atoms. The van der Waals surface area contributed by atoms with E-state index in [0.29, 0.717) is 56.7 Å². The topological polar surface area (TPSA) is 108 Å². The minimum Gasteiger partial charge on any atom is -0.369 e. The van der Waals surface area contributed by atoms with Crippen LogP contribution in [0, 0.1) is 17.2 Å². The summed E-state index contributed by atoms with van der Waals surface area (Å²) in [6.07, 6.45) is 2.01. The lowest BCUT2D eigenvalue weighted by atomic mass is 9.93. The molecule has 0 unspecified atom stereocenters. The molecule has 2 aliphatic rings. The number of nitrogens with zero attached hydrogens (tertiary/aromatic N) is 5. The van der Waals surface area contributed by atoms with Gasteiger partial charge in [-0.2, -0.15) is 5.26 Å². The van der Waals surface area contributed by atoms with Crippen LogP contribution >= 0.6 is 0 Å². The SMILES string of the molecule is CC(=O)N1CCc2c(c(N3CCC(C(N)=O)CC3)n3c(nc4ccccc43)c2C#N)C1. The maximum atomic E-state index is 12.2. The summed E-state index contributed by atoms with van der Waals surface area (Å²) in [6, 6.07) is 10.3. The van der Waals surface area contributed by atoms with Gasteiger partial charge in [0.1, 0.15) is 11.9 Å². The minimum absolute atomic E-state index is 0.0260. The summed E-state index contributed by atoms with van der Waals surface area (Å²) in [5.74, 6) is 0.640. The monoisotopic (exact) mass is 416 g/mol. The molecule has 1 aromatic carbocycles. The first-order valence-corrected chi connectivity index (χ1v) is 10.6. The van der Waals surface area contributed by atoms with Crippen LogP contribution in [0.1, 0.15) is 36.5 Å². The normalized spacial score (nSPS) is 17.0. The average Bonchev–Trinajstić information content (AvgIpc) is 3.16. The van der Waals surface area contributed by atoms with Crippen LogP contribution in [0.5, 0.6) is 0 Å². The third-order valence-electron chi connectivity index (χ3n) is 6.67. The maximum absolute atomic E-state index is 12.2. The summed E-state index contributed by atoms with van der Waals surface area (Å²) in [4.78, 5) is 32.8. The van der Waals surface area contributed by atoms with Crippen molar-refractivity contribution < 1.29 is 9.59 Å². The number of piperidine rings is 1. The molecule has 0 atom stereocenters. The van der Waals surface area contributed by atoms with Crippen LogP contribution in [-0.2, 0) is 22.6 Å². The second-order valence-corrected chi connectivity index (χ2v) is 8.38. The van der Waals surface area contributed by atoms with Crippen molar-refractivity contribution in [1.82, 2.24) is 14.3 Å². The van der Waals surface area contributed by atoms with Crippen LogP contribution in [0.25, 0.3) is 16.7 Å². The molecule has 1 fully saturated rings. The van der Waals surface area contributed by atoms with Gasteiger partial charge in [0.15, 0.2) is 5.65 Å². The quantitative estimate of drug-likeness (QED) is 0.687. The lowest BCUT2D eigenvalue weighted by Crippen LogP contribution is -2.41. The number of carbonyl (C=O) groups is 2. The van der Waals surface area contributed by atoms with Crippen LogP contribution in [0.3, 0.4) is 0 Å². The number of nitrogens with two attached hydrogens (primary N) is 1. The van der Waals surface area contributed by atoms with Crippen molar-refractivity contribution in [2.75, 3.05) is 24.5 Å². The Kier molecular flexibility index (Phi) is 4.54. The van der Waals surface area contributed by atoms with E-state index >= 15 is 0 Å². The van der Waals surface area contributed by atoms with E-state index in [9.17, 15) is 14.9 Å². The molecule has 4 heterocycles. The standard InChI is InChI=1S/C23H24N6O2/c1-14(30)28-11-8-16-17(12-24)22-26-19-4-2-3-5-20(19)29(22)23(18(16)13-28)27-9-6-15(7-10-27)21(25)31/h2-5,15H,6-11,13H2,1H3,(H2,25,31). The van der Waals surface area contributed by atoms with Crippen molar-refractivity contribution in [3.63, 3.8) is 0 Å². The van der Waals surface area contributed by atoms with Gasteiger partial charge in [-0.15, -0.1) is 0 Å².